The average Bonchev–Trinajstić information content (AvgIpc) is 2.74. The first-order valence-corrected chi connectivity index (χ1v) is 5.84. The number of nitrogens with zero attached hydrogens (tertiary/aromatic N) is 1. The van der Waals surface area contributed by atoms with Crippen molar-refractivity contribution in [2.45, 2.75) is 0 Å². The fraction of sp³-hybridized carbons (Fsp3) is 0.0833. The largest absolute Gasteiger partial charge is 0.397 e. The van der Waals surface area contributed by atoms with Crippen LogP contribution in [0.4, 0.5) is 15.8 Å². The third-order valence-corrected chi connectivity index (χ3v) is 3.33. The van der Waals surface area contributed by atoms with Gasteiger partial charge in [-0.2, -0.15) is 0 Å². The van der Waals surface area contributed by atoms with Crippen LogP contribution in [0.15, 0.2) is 35.7 Å². The maximum absolute atomic E-state index is 12.8. The van der Waals surface area contributed by atoms with E-state index in [1.54, 1.807) is 30.6 Å². The van der Waals surface area contributed by atoms with Crippen LogP contribution in [0.3, 0.4) is 0 Å². The molecule has 2 rings (SSSR count). The lowest BCUT2D eigenvalue weighted by atomic mass is 10.2. The van der Waals surface area contributed by atoms with E-state index in [0.29, 0.717) is 16.3 Å². The quantitative estimate of drug-likeness (QED) is 0.890. The predicted octanol–water partition coefficient (Wildman–Crippen LogP) is 2.75. The van der Waals surface area contributed by atoms with Gasteiger partial charge in [-0.1, -0.05) is 0 Å². The summed E-state index contributed by atoms with van der Waals surface area (Å²) in [5.41, 5.74) is 6.78. The number of amides is 1. The highest BCUT2D eigenvalue weighted by molar-refractivity contribution is 7.12. The molecule has 0 bridgehead atoms. The number of anilines is 2. The van der Waals surface area contributed by atoms with E-state index in [9.17, 15) is 9.18 Å². The maximum Gasteiger partial charge on any atom is 0.270 e. The molecule has 0 saturated carbocycles. The van der Waals surface area contributed by atoms with Gasteiger partial charge in [0.15, 0.2) is 0 Å². The number of benzene rings is 1. The number of nitrogen functional groups attached to an aromatic ring is 1. The molecule has 0 atom stereocenters. The number of halogens is 1. The van der Waals surface area contributed by atoms with Gasteiger partial charge >= 0.3 is 0 Å². The molecule has 0 unspecified atom stereocenters. The van der Waals surface area contributed by atoms with Crippen LogP contribution in [-0.4, -0.2) is 13.0 Å². The smallest absolute Gasteiger partial charge is 0.270 e. The van der Waals surface area contributed by atoms with Crippen LogP contribution in [0, 0.1) is 5.82 Å². The molecule has 3 nitrogen and oxygen atoms in total. The Morgan fingerprint density at radius 1 is 1.29 bits per heavy atom. The van der Waals surface area contributed by atoms with E-state index >= 15 is 0 Å². The molecular weight excluding hydrogens is 239 g/mol. The van der Waals surface area contributed by atoms with E-state index in [1.165, 1.54) is 28.4 Å². The van der Waals surface area contributed by atoms with Crippen LogP contribution in [-0.2, 0) is 0 Å². The van der Waals surface area contributed by atoms with Crippen molar-refractivity contribution in [3.05, 3.63) is 46.4 Å². The summed E-state index contributed by atoms with van der Waals surface area (Å²) in [5, 5.41) is 1.76. The van der Waals surface area contributed by atoms with Gasteiger partial charge in [0.1, 0.15) is 10.7 Å². The third-order valence-electron chi connectivity index (χ3n) is 2.41. The number of nitrogens with two attached hydrogens (primary N) is 1. The third kappa shape index (κ3) is 2.29. The highest BCUT2D eigenvalue weighted by atomic mass is 32.1. The lowest BCUT2D eigenvalue weighted by Crippen LogP contribution is -2.25. The highest BCUT2D eigenvalue weighted by Gasteiger charge is 2.17. The Labute approximate surface area is 102 Å². The lowest BCUT2D eigenvalue weighted by molar-refractivity contribution is 0.0997. The standard InChI is InChI=1S/C12H11FN2OS/c1-15(9-4-2-8(13)3-5-9)12(16)11-10(14)6-7-17-11/h2-7H,14H2,1H3. The molecule has 5 heteroatoms. The van der Waals surface area contributed by atoms with Crippen molar-refractivity contribution >= 4 is 28.6 Å². The molecule has 1 amide bonds. The number of rotatable bonds is 2. The van der Waals surface area contributed by atoms with Crippen molar-refractivity contribution in [2.24, 2.45) is 0 Å². The molecule has 0 spiro atoms. The Morgan fingerprint density at radius 2 is 1.94 bits per heavy atom. The number of carbonyl (C=O) groups is 1. The monoisotopic (exact) mass is 250 g/mol. The van der Waals surface area contributed by atoms with Gasteiger partial charge < -0.3 is 10.6 Å². The molecule has 0 fully saturated rings. The highest BCUT2D eigenvalue weighted by Crippen LogP contribution is 2.23. The van der Waals surface area contributed by atoms with Gasteiger partial charge in [-0.25, -0.2) is 4.39 Å². The zero-order chi connectivity index (χ0) is 12.4. The molecule has 2 N–H and O–H groups in total. The molecule has 1 aromatic carbocycles. The molecule has 1 heterocycles. The van der Waals surface area contributed by atoms with Gasteiger partial charge in [0.25, 0.3) is 5.91 Å². The Kier molecular flexibility index (Phi) is 3.10. The molecule has 0 aliphatic rings. The molecule has 0 aliphatic heterocycles. The van der Waals surface area contributed by atoms with E-state index in [0.717, 1.165) is 0 Å². The second-order valence-electron chi connectivity index (χ2n) is 3.55. The second kappa shape index (κ2) is 4.55. The van der Waals surface area contributed by atoms with Gasteiger partial charge in [0, 0.05) is 12.7 Å². The first-order chi connectivity index (χ1) is 8.09. The topological polar surface area (TPSA) is 46.3 Å². The fourth-order valence-corrected chi connectivity index (χ4v) is 2.22. The van der Waals surface area contributed by atoms with Crippen molar-refractivity contribution < 1.29 is 9.18 Å². The summed E-state index contributed by atoms with van der Waals surface area (Å²) in [4.78, 5) is 14.0. The summed E-state index contributed by atoms with van der Waals surface area (Å²) in [7, 11) is 1.63. The van der Waals surface area contributed by atoms with E-state index in [-0.39, 0.29) is 11.7 Å². The minimum atomic E-state index is -0.328. The molecular formula is C12H11FN2OS. The summed E-state index contributed by atoms with van der Waals surface area (Å²) in [6.07, 6.45) is 0. The summed E-state index contributed by atoms with van der Waals surface area (Å²) in [6, 6.07) is 7.43. The number of carbonyl (C=O) groups excluding carboxylic acids is 1. The molecule has 2 aromatic rings. The first-order valence-electron chi connectivity index (χ1n) is 4.96. The van der Waals surface area contributed by atoms with Gasteiger partial charge in [0.05, 0.1) is 5.69 Å². The van der Waals surface area contributed by atoms with Crippen molar-refractivity contribution in [2.75, 3.05) is 17.7 Å². The van der Waals surface area contributed by atoms with Crippen LogP contribution < -0.4 is 10.6 Å². The van der Waals surface area contributed by atoms with Crippen LogP contribution >= 0.6 is 11.3 Å². The van der Waals surface area contributed by atoms with Gasteiger partial charge in [-0.15, -0.1) is 11.3 Å². The number of hydrogen-bond acceptors (Lipinski definition) is 3. The fourth-order valence-electron chi connectivity index (χ4n) is 1.43. The van der Waals surface area contributed by atoms with Crippen LogP contribution in [0.1, 0.15) is 9.67 Å². The molecule has 17 heavy (non-hydrogen) atoms. The maximum atomic E-state index is 12.8. The molecule has 0 aliphatic carbocycles. The molecule has 88 valence electrons. The molecule has 0 radical (unpaired) electrons. The Morgan fingerprint density at radius 3 is 2.47 bits per heavy atom. The molecule has 1 aromatic heterocycles. The van der Waals surface area contributed by atoms with E-state index < -0.39 is 0 Å². The van der Waals surface area contributed by atoms with E-state index in [4.69, 9.17) is 5.73 Å². The van der Waals surface area contributed by atoms with Crippen LogP contribution in [0.2, 0.25) is 0 Å². The van der Waals surface area contributed by atoms with E-state index in [2.05, 4.69) is 0 Å². The summed E-state index contributed by atoms with van der Waals surface area (Å²) >= 11 is 1.29. The van der Waals surface area contributed by atoms with Gasteiger partial charge in [-0.05, 0) is 35.7 Å². The zero-order valence-electron chi connectivity index (χ0n) is 9.18. The SMILES string of the molecule is CN(C(=O)c1sccc1N)c1ccc(F)cc1. The number of hydrogen-bond donors (Lipinski definition) is 1. The van der Waals surface area contributed by atoms with E-state index in [1.807, 2.05) is 0 Å². The Bertz CT molecular complexity index is 536. The van der Waals surface area contributed by atoms with Crippen LogP contribution in [0.25, 0.3) is 0 Å². The van der Waals surface area contributed by atoms with Gasteiger partial charge in [-0.3, -0.25) is 4.79 Å². The average molecular weight is 250 g/mol. The Balaban J connectivity index is 2.26. The normalized spacial score (nSPS) is 10.2. The van der Waals surface area contributed by atoms with Crippen molar-refractivity contribution in [3.8, 4) is 0 Å². The lowest BCUT2D eigenvalue weighted by Gasteiger charge is -2.16. The predicted molar refractivity (Wildman–Crippen MR) is 67.9 cm³/mol. The summed E-state index contributed by atoms with van der Waals surface area (Å²) < 4.78 is 12.8. The van der Waals surface area contributed by atoms with Crippen molar-refractivity contribution in [1.82, 2.24) is 0 Å². The summed E-state index contributed by atoms with van der Waals surface area (Å²) in [5.74, 6) is -0.519. The van der Waals surface area contributed by atoms with Gasteiger partial charge in [0.2, 0.25) is 0 Å². The molecule has 0 saturated heterocycles. The first kappa shape index (κ1) is 11.6. The Hall–Kier alpha value is -1.88. The van der Waals surface area contributed by atoms with Crippen molar-refractivity contribution in [3.63, 3.8) is 0 Å². The minimum absolute atomic E-state index is 0.191. The van der Waals surface area contributed by atoms with Crippen LogP contribution in [0.5, 0.6) is 0 Å². The summed E-state index contributed by atoms with van der Waals surface area (Å²) in [6.45, 7) is 0. The van der Waals surface area contributed by atoms with Crippen molar-refractivity contribution in [1.29, 1.82) is 0 Å². The zero-order valence-corrected chi connectivity index (χ0v) is 10.00. The number of thiophene rings is 1. The minimum Gasteiger partial charge on any atom is -0.397 e. The second-order valence-corrected chi connectivity index (χ2v) is 4.46.